The molecule has 3 nitrogen and oxygen atoms in total. The zero-order chi connectivity index (χ0) is 12.1. The van der Waals surface area contributed by atoms with E-state index in [-0.39, 0.29) is 11.2 Å². The molecular formula is C12H11FN2OS. The third kappa shape index (κ3) is 3.18. The molecule has 0 atom stereocenters. The first kappa shape index (κ1) is 11.9. The largest absolute Gasteiger partial charge is 0.370 e. The summed E-state index contributed by atoms with van der Waals surface area (Å²) < 4.78 is 18.8. The Morgan fingerprint density at radius 3 is 2.76 bits per heavy atom. The molecule has 0 unspecified atom stereocenters. The van der Waals surface area contributed by atoms with Gasteiger partial charge in [-0.05, 0) is 5.56 Å². The van der Waals surface area contributed by atoms with Crippen LogP contribution in [0, 0.1) is 10.5 Å². The fraction of sp³-hybridized carbons (Fsp3) is 0.167. The predicted molar refractivity (Wildman–Crippen MR) is 64.3 cm³/mol. The summed E-state index contributed by atoms with van der Waals surface area (Å²) in [6.45, 7) is 0.579. The van der Waals surface area contributed by atoms with E-state index in [1.807, 2.05) is 30.3 Å². The van der Waals surface area contributed by atoms with Crippen LogP contribution < -0.4 is 0 Å². The topological polar surface area (TPSA) is 37.9 Å². The number of aromatic amines is 1. The summed E-state index contributed by atoms with van der Waals surface area (Å²) in [5, 5.41) is 0. The van der Waals surface area contributed by atoms with Gasteiger partial charge in [-0.1, -0.05) is 42.5 Å². The van der Waals surface area contributed by atoms with E-state index >= 15 is 0 Å². The molecule has 2 rings (SSSR count). The molecule has 5 heteroatoms. The second kappa shape index (κ2) is 5.65. The Labute approximate surface area is 103 Å². The average molecular weight is 250 g/mol. The highest BCUT2D eigenvalue weighted by Crippen LogP contribution is 2.07. The monoisotopic (exact) mass is 250 g/mol. The molecule has 1 N–H and O–H groups in total. The second-order valence-electron chi connectivity index (χ2n) is 3.48. The summed E-state index contributed by atoms with van der Waals surface area (Å²) in [7, 11) is 0. The van der Waals surface area contributed by atoms with Gasteiger partial charge in [-0.25, -0.2) is 9.37 Å². The molecule has 2 aromatic rings. The number of hydrogen-bond acceptors (Lipinski definition) is 3. The Balaban J connectivity index is 1.95. The molecule has 0 aliphatic carbocycles. The van der Waals surface area contributed by atoms with Crippen LogP contribution in [0.2, 0.25) is 0 Å². The van der Waals surface area contributed by atoms with Gasteiger partial charge in [0.2, 0.25) is 0 Å². The van der Waals surface area contributed by atoms with Crippen LogP contribution in [0.5, 0.6) is 0 Å². The van der Waals surface area contributed by atoms with E-state index in [4.69, 9.17) is 17.0 Å². The Kier molecular flexibility index (Phi) is 3.95. The lowest BCUT2D eigenvalue weighted by Crippen LogP contribution is -2.01. The lowest BCUT2D eigenvalue weighted by molar-refractivity contribution is 0.102. The van der Waals surface area contributed by atoms with E-state index in [1.165, 1.54) is 6.33 Å². The van der Waals surface area contributed by atoms with Crippen LogP contribution in [0.3, 0.4) is 0 Å². The van der Waals surface area contributed by atoms with Gasteiger partial charge >= 0.3 is 0 Å². The molecular weight excluding hydrogens is 239 g/mol. The maximum Gasteiger partial charge on any atom is 0.181 e. The van der Waals surface area contributed by atoms with Crippen LogP contribution in [-0.2, 0) is 18.0 Å². The number of nitrogens with one attached hydrogen (secondary N) is 1. The standard InChI is InChI=1S/C12H11FN2OS/c13-11-10(14-8-15-12(11)17)7-16-6-9-4-2-1-3-5-9/h1-5,8H,6-7H2,(H,14,15,17). The first-order valence-electron chi connectivity index (χ1n) is 5.11. The lowest BCUT2D eigenvalue weighted by atomic mass is 10.2. The molecule has 0 aliphatic heterocycles. The number of aromatic nitrogens is 2. The molecule has 1 heterocycles. The van der Waals surface area contributed by atoms with Crippen LogP contribution in [0.1, 0.15) is 11.3 Å². The van der Waals surface area contributed by atoms with Crippen LogP contribution in [0.15, 0.2) is 36.7 Å². The van der Waals surface area contributed by atoms with Crippen molar-refractivity contribution in [2.45, 2.75) is 13.2 Å². The Hall–Kier alpha value is -1.59. The van der Waals surface area contributed by atoms with Gasteiger partial charge in [-0.3, -0.25) is 0 Å². The third-order valence-corrected chi connectivity index (χ3v) is 2.52. The minimum absolute atomic E-state index is 0.0398. The Morgan fingerprint density at radius 2 is 2.00 bits per heavy atom. The molecule has 0 amide bonds. The fourth-order valence-corrected chi connectivity index (χ4v) is 1.54. The minimum atomic E-state index is -0.518. The zero-order valence-corrected chi connectivity index (χ0v) is 9.84. The second-order valence-corrected chi connectivity index (χ2v) is 3.87. The third-order valence-electron chi connectivity index (χ3n) is 2.23. The summed E-state index contributed by atoms with van der Waals surface area (Å²) in [5.41, 5.74) is 1.36. The van der Waals surface area contributed by atoms with Crippen molar-refractivity contribution in [3.05, 3.63) is 58.4 Å². The molecule has 1 aromatic carbocycles. The molecule has 1 aromatic heterocycles. The smallest absolute Gasteiger partial charge is 0.181 e. The highest BCUT2D eigenvalue weighted by atomic mass is 32.1. The van der Waals surface area contributed by atoms with Gasteiger partial charge in [0.1, 0.15) is 0 Å². The Bertz CT molecular complexity index is 542. The van der Waals surface area contributed by atoms with Crippen molar-refractivity contribution >= 4 is 12.2 Å². The number of benzene rings is 1. The van der Waals surface area contributed by atoms with Crippen molar-refractivity contribution in [3.63, 3.8) is 0 Å². The van der Waals surface area contributed by atoms with E-state index in [1.54, 1.807) is 0 Å². The van der Waals surface area contributed by atoms with E-state index in [9.17, 15) is 4.39 Å². The van der Waals surface area contributed by atoms with Crippen molar-refractivity contribution in [3.8, 4) is 0 Å². The van der Waals surface area contributed by atoms with E-state index < -0.39 is 5.82 Å². The van der Waals surface area contributed by atoms with Crippen molar-refractivity contribution in [1.29, 1.82) is 0 Å². The van der Waals surface area contributed by atoms with Crippen LogP contribution in [0.25, 0.3) is 0 Å². The molecule has 0 fully saturated rings. The highest BCUT2D eigenvalue weighted by molar-refractivity contribution is 7.71. The van der Waals surface area contributed by atoms with Gasteiger partial charge in [-0.15, -0.1) is 0 Å². The maximum absolute atomic E-state index is 13.4. The van der Waals surface area contributed by atoms with Crippen LogP contribution in [-0.4, -0.2) is 9.97 Å². The lowest BCUT2D eigenvalue weighted by Gasteiger charge is -2.05. The number of H-pyrrole nitrogens is 1. The number of rotatable bonds is 4. The summed E-state index contributed by atoms with van der Waals surface area (Å²) in [6, 6.07) is 9.69. The number of halogens is 1. The zero-order valence-electron chi connectivity index (χ0n) is 9.02. The molecule has 0 aliphatic rings. The van der Waals surface area contributed by atoms with Crippen LogP contribution in [0.4, 0.5) is 4.39 Å². The van der Waals surface area contributed by atoms with Crippen molar-refractivity contribution in [1.82, 2.24) is 9.97 Å². The number of hydrogen-bond donors (Lipinski definition) is 1. The first-order valence-corrected chi connectivity index (χ1v) is 5.52. The predicted octanol–water partition coefficient (Wildman–Crippen LogP) is 3.00. The first-order chi connectivity index (χ1) is 8.27. The van der Waals surface area contributed by atoms with Crippen molar-refractivity contribution in [2.24, 2.45) is 0 Å². The molecule has 0 bridgehead atoms. The molecule has 0 radical (unpaired) electrons. The van der Waals surface area contributed by atoms with Crippen LogP contribution >= 0.6 is 12.2 Å². The van der Waals surface area contributed by atoms with Gasteiger partial charge in [-0.2, -0.15) is 0 Å². The Morgan fingerprint density at radius 1 is 1.24 bits per heavy atom. The van der Waals surface area contributed by atoms with Gasteiger partial charge < -0.3 is 9.72 Å². The average Bonchev–Trinajstić information content (AvgIpc) is 2.36. The summed E-state index contributed by atoms with van der Waals surface area (Å²) in [4.78, 5) is 6.32. The van der Waals surface area contributed by atoms with E-state index in [2.05, 4.69) is 9.97 Å². The SMILES string of the molecule is Fc1c(COCc2ccccc2)[nH]cnc1=S. The fourth-order valence-electron chi connectivity index (χ4n) is 1.37. The normalized spacial score (nSPS) is 10.4. The molecule has 0 saturated carbocycles. The summed E-state index contributed by atoms with van der Waals surface area (Å²) >= 11 is 4.72. The van der Waals surface area contributed by atoms with Crippen molar-refractivity contribution in [2.75, 3.05) is 0 Å². The molecule has 17 heavy (non-hydrogen) atoms. The number of nitrogens with zero attached hydrogens (tertiary/aromatic N) is 1. The number of ether oxygens (including phenoxy) is 1. The van der Waals surface area contributed by atoms with Gasteiger partial charge in [0, 0.05) is 0 Å². The van der Waals surface area contributed by atoms with E-state index in [0.717, 1.165) is 5.56 Å². The van der Waals surface area contributed by atoms with Gasteiger partial charge in [0.05, 0.1) is 25.2 Å². The molecule has 0 spiro atoms. The van der Waals surface area contributed by atoms with E-state index in [0.29, 0.717) is 12.3 Å². The van der Waals surface area contributed by atoms with Gasteiger partial charge in [0.15, 0.2) is 10.5 Å². The quantitative estimate of drug-likeness (QED) is 0.848. The maximum atomic E-state index is 13.4. The van der Waals surface area contributed by atoms with Gasteiger partial charge in [0.25, 0.3) is 0 Å². The summed E-state index contributed by atoms with van der Waals surface area (Å²) in [5.74, 6) is -0.518. The minimum Gasteiger partial charge on any atom is -0.370 e. The molecule has 88 valence electrons. The van der Waals surface area contributed by atoms with Crippen molar-refractivity contribution < 1.29 is 9.13 Å². The highest BCUT2D eigenvalue weighted by Gasteiger charge is 2.04. The molecule has 0 saturated heterocycles. The summed E-state index contributed by atoms with van der Waals surface area (Å²) in [6.07, 6.45) is 1.37.